The van der Waals surface area contributed by atoms with Gasteiger partial charge in [-0.2, -0.15) is 4.31 Å². The first kappa shape index (κ1) is 17.3. The van der Waals surface area contributed by atoms with Gasteiger partial charge in [0.2, 0.25) is 0 Å². The minimum absolute atomic E-state index is 0. The Morgan fingerprint density at radius 2 is 2.12 bits per heavy atom. The van der Waals surface area contributed by atoms with E-state index in [2.05, 4.69) is 15.3 Å². The summed E-state index contributed by atoms with van der Waals surface area (Å²) < 4.78 is 29.8. The minimum Gasteiger partial charge on any atom is -0.318 e. The minimum atomic E-state index is -3.58. The Labute approximate surface area is 147 Å². The number of piperazine rings is 1. The first-order valence-electron chi connectivity index (χ1n) is 7.85. The highest BCUT2D eigenvalue weighted by atomic mass is 35.5. The number of imidazole rings is 1. The Kier molecular flexibility index (Phi) is 4.91. The first-order valence-corrected chi connectivity index (χ1v) is 9.29. The van der Waals surface area contributed by atoms with Gasteiger partial charge in [-0.25, -0.2) is 13.4 Å². The topological polar surface area (TPSA) is 80.1 Å². The highest BCUT2D eigenvalue weighted by Gasteiger charge is 2.37. The van der Waals surface area contributed by atoms with E-state index in [1.165, 1.54) is 6.20 Å². The zero-order chi connectivity index (χ0) is 15.9. The monoisotopic (exact) mass is 369 g/mol. The lowest BCUT2D eigenvalue weighted by Crippen LogP contribution is -2.48. The maximum atomic E-state index is 13.2. The van der Waals surface area contributed by atoms with Crippen molar-refractivity contribution in [3.8, 4) is 0 Å². The van der Waals surface area contributed by atoms with Gasteiger partial charge in [-0.1, -0.05) is 6.07 Å². The van der Waals surface area contributed by atoms with Crippen molar-refractivity contribution >= 4 is 22.4 Å². The number of fused-ring (bicyclic) bond motifs is 1. The second-order valence-electron chi connectivity index (χ2n) is 5.89. The second kappa shape index (κ2) is 6.79. The lowest BCUT2D eigenvalue weighted by molar-refractivity contribution is 0.269. The van der Waals surface area contributed by atoms with Gasteiger partial charge in [0.1, 0.15) is 5.82 Å². The van der Waals surface area contributed by atoms with Crippen molar-refractivity contribution in [3.05, 3.63) is 42.1 Å². The van der Waals surface area contributed by atoms with Crippen LogP contribution in [-0.4, -0.2) is 46.9 Å². The molecule has 1 N–H and O–H groups in total. The summed E-state index contributed by atoms with van der Waals surface area (Å²) in [4.78, 5) is 8.41. The molecule has 0 bridgehead atoms. The lowest BCUT2D eigenvalue weighted by atomic mass is 10.1. The van der Waals surface area contributed by atoms with Crippen LogP contribution in [0.5, 0.6) is 0 Å². The predicted molar refractivity (Wildman–Crippen MR) is 91.5 cm³/mol. The third-order valence-corrected chi connectivity index (χ3v) is 6.43. The van der Waals surface area contributed by atoms with Crippen molar-refractivity contribution in [2.45, 2.75) is 30.5 Å². The van der Waals surface area contributed by atoms with Crippen LogP contribution in [0.1, 0.15) is 23.9 Å². The van der Waals surface area contributed by atoms with Gasteiger partial charge in [0.05, 0.1) is 12.2 Å². The Morgan fingerprint density at radius 3 is 2.92 bits per heavy atom. The maximum Gasteiger partial charge on any atom is 0.260 e. The van der Waals surface area contributed by atoms with E-state index in [-0.39, 0.29) is 18.4 Å². The molecule has 1 fully saturated rings. The van der Waals surface area contributed by atoms with E-state index in [4.69, 9.17) is 0 Å². The number of halogens is 1. The molecule has 1 atom stereocenters. The third kappa shape index (κ3) is 2.83. The van der Waals surface area contributed by atoms with Crippen molar-refractivity contribution < 1.29 is 8.42 Å². The number of sulfonamides is 1. The molecule has 2 aliphatic heterocycles. The first-order chi connectivity index (χ1) is 11.2. The summed E-state index contributed by atoms with van der Waals surface area (Å²) >= 11 is 0. The molecule has 0 radical (unpaired) electrons. The summed E-state index contributed by atoms with van der Waals surface area (Å²) in [7, 11) is -3.58. The molecule has 4 rings (SSSR count). The molecule has 1 unspecified atom stereocenters. The predicted octanol–water partition coefficient (Wildman–Crippen LogP) is 0.981. The van der Waals surface area contributed by atoms with Gasteiger partial charge in [-0.3, -0.25) is 4.98 Å². The quantitative estimate of drug-likeness (QED) is 0.872. The summed E-state index contributed by atoms with van der Waals surface area (Å²) in [5.74, 6) is 0.872. The SMILES string of the molecule is Cl.O=S(=O)(c1cnc2n1CCC2)N1CCNCC1c1cccnc1. The summed E-state index contributed by atoms with van der Waals surface area (Å²) in [6, 6.07) is 3.52. The Morgan fingerprint density at radius 1 is 1.25 bits per heavy atom. The zero-order valence-corrected chi connectivity index (χ0v) is 14.8. The van der Waals surface area contributed by atoms with Gasteiger partial charge in [0, 0.05) is 45.0 Å². The van der Waals surface area contributed by atoms with Crippen molar-refractivity contribution in [2.75, 3.05) is 19.6 Å². The average Bonchev–Trinajstić information content (AvgIpc) is 3.19. The number of nitrogens with zero attached hydrogens (tertiary/aromatic N) is 4. The molecule has 4 heterocycles. The molecular formula is C15H20ClN5O2S. The molecule has 24 heavy (non-hydrogen) atoms. The molecule has 0 aromatic carbocycles. The van der Waals surface area contributed by atoms with E-state index >= 15 is 0 Å². The van der Waals surface area contributed by atoms with Crippen LogP contribution in [0.25, 0.3) is 0 Å². The normalized spacial score (nSPS) is 21.2. The van der Waals surface area contributed by atoms with Gasteiger partial charge in [-0.15, -0.1) is 12.4 Å². The number of nitrogens with one attached hydrogen (secondary N) is 1. The fraction of sp³-hybridized carbons (Fsp3) is 0.467. The standard InChI is InChI=1S/C15H19N5O2S.ClH/c21-23(22,15-11-18-14-4-2-7-19(14)15)20-8-6-17-10-13(20)12-3-1-5-16-9-12;/h1,3,5,9,11,13,17H,2,4,6-8,10H2;1H. The van der Waals surface area contributed by atoms with E-state index in [1.807, 2.05) is 16.7 Å². The van der Waals surface area contributed by atoms with Crippen LogP contribution in [0.15, 0.2) is 35.7 Å². The van der Waals surface area contributed by atoms with Crippen molar-refractivity contribution in [3.63, 3.8) is 0 Å². The number of hydrogen-bond acceptors (Lipinski definition) is 5. The molecule has 0 aliphatic carbocycles. The maximum absolute atomic E-state index is 13.2. The number of pyridine rings is 1. The van der Waals surface area contributed by atoms with Gasteiger partial charge in [0.15, 0.2) is 5.03 Å². The number of rotatable bonds is 3. The van der Waals surface area contributed by atoms with Crippen LogP contribution in [0.4, 0.5) is 0 Å². The molecule has 2 aliphatic rings. The summed E-state index contributed by atoms with van der Waals surface area (Å²) in [5.41, 5.74) is 0.907. The van der Waals surface area contributed by atoms with Crippen LogP contribution in [0, 0.1) is 0 Å². The highest BCUT2D eigenvalue weighted by molar-refractivity contribution is 7.89. The van der Waals surface area contributed by atoms with Crippen molar-refractivity contribution in [1.29, 1.82) is 0 Å². The van der Waals surface area contributed by atoms with Gasteiger partial charge in [0.25, 0.3) is 10.0 Å². The molecular weight excluding hydrogens is 350 g/mol. The smallest absolute Gasteiger partial charge is 0.260 e. The van der Waals surface area contributed by atoms with Crippen LogP contribution in [0.2, 0.25) is 0 Å². The van der Waals surface area contributed by atoms with E-state index < -0.39 is 10.0 Å². The number of aryl methyl sites for hydroxylation is 1. The molecule has 0 amide bonds. The Bertz CT molecular complexity index is 809. The largest absolute Gasteiger partial charge is 0.318 e. The zero-order valence-electron chi connectivity index (χ0n) is 13.1. The fourth-order valence-corrected chi connectivity index (χ4v) is 5.15. The van der Waals surface area contributed by atoms with Gasteiger partial charge < -0.3 is 9.88 Å². The van der Waals surface area contributed by atoms with Crippen molar-refractivity contribution in [2.24, 2.45) is 0 Å². The van der Waals surface area contributed by atoms with Crippen LogP contribution in [0.3, 0.4) is 0 Å². The van der Waals surface area contributed by atoms with E-state index in [0.29, 0.717) is 24.7 Å². The molecule has 0 spiro atoms. The molecule has 2 aromatic rings. The van der Waals surface area contributed by atoms with Crippen LogP contribution < -0.4 is 5.32 Å². The summed E-state index contributed by atoms with van der Waals surface area (Å²) in [6.45, 7) is 2.42. The summed E-state index contributed by atoms with van der Waals surface area (Å²) in [6.07, 6.45) is 6.75. The molecule has 7 nitrogen and oxygen atoms in total. The van der Waals surface area contributed by atoms with Gasteiger partial charge in [-0.05, 0) is 18.1 Å². The summed E-state index contributed by atoms with van der Waals surface area (Å²) in [5, 5.41) is 3.60. The molecule has 130 valence electrons. The lowest BCUT2D eigenvalue weighted by Gasteiger charge is -2.35. The van der Waals surface area contributed by atoms with E-state index in [1.54, 1.807) is 16.7 Å². The Hall–Kier alpha value is -1.48. The molecule has 2 aromatic heterocycles. The molecule has 0 saturated carbocycles. The fourth-order valence-electron chi connectivity index (χ4n) is 3.39. The number of aromatic nitrogens is 3. The third-order valence-electron chi connectivity index (χ3n) is 4.52. The van der Waals surface area contributed by atoms with E-state index in [9.17, 15) is 8.42 Å². The average molecular weight is 370 g/mol. The molecule has 1 saturated heterocycles. The van der Waals surface area contributed by atoms with Gasteiger partial charge >= 0.3 is 0 Å². The van der Waals surface area contributed by atoms with Crippen LogP contribution in [-0.2, 0) is 23.0 Å². The Balaban J connectivity index is 0.00000169. The van der Waals surface area contributed by atoms with Crippen LogP contribution >= 0.6 is 12.4 Å². The van der Waals surface area contributed by atoms with E-state index in [0.717, 1.165) is 30.8 Å². The number of hydrogen-bond donors (Lipinski definition) is 1. The second-order valence-corrected chi connectivity index (χ2v) is 7.73. The highest BCUT2D eigenvalue weighted by Crippen LogP contribution is 2.30. The molecule has 9 heteroatoms. The van der Waals surface area contributed by atoms with Crippen molar-refractivity contribution in [1.82, 2.24) is 24.2 Å².